The third-order valence-corrected chi connectivity index (χ3v) is 3.61. The highest BCUT2D eigenvalue weighted by Gasteiger charge is 2.13. The lowest BCUT2D eigenvalue weighted by atomic mass is 10.1. The number of aromatic nitrogens is 3. The molecular weight excluding hydrogens is 306 g/mol. The molecule has 3 rings (SSSR count). The van der Waals surface area contributed by atoms with Crippen molar-refractivity contribution in [2.45, 2.75) is 20.4 Å². The maximum Gasteiger partial charge on any atom is 0.258 e. The summed E-state index contributed by atoms with van der Waals surface area (Å²) < 4.78 is 1.37. The second-order valence-corrected chi connectivity index (χ2v) is 5.64. The highest BCUT2D eigenvalue weighted by Crippen LogP contribution is 2.19. The first-order chi connectivity index (χ1) is 11.4. The molecule has 2 heterocycles. The SMILES string of the molecule is Cc1ccc2nc(C)c(C(=O)Nc3ccn(CC(N)=O)n3)cc2c1. The molecule has 0 saturated heterocycles. The van der Waals surface area contributed by atoms with Crippen molar-refractivity contribution in [3.05, 3.63) is 53.3 Å². The number of aryl methyl sites for hydroxylation is 2. The fourth-order valence-corrected chi connectivity index (χ4v) is 2.48. The fourth-order valence-electron chi connectivity index (χ4n) is 2.48. The molecule has 2 aromatic heterocycles. The number of carbonyl (C=O) groups excluding carboxylic acids is 2. The molecule has 0 fully saturated rings. The summed E-state index contributed by atoms with van der Waals surface area (Å²) in [5.74, 6) is -0.446. The van der Waals surface area contributed by atoms with E-state index in [4.69, 9.17) is 5.73 Å². The standard InChI is InChI=1S/C17H17N5O2/c1-10-3-4-14-12(7-10)8-13(11(2)19-14)17(24)20-16-5-6-22(21-16)9-15(18)23/h3-8H,9H2,1-2H3,(H2,18,23)(H,20,21,24). The Labute approximate surface area is 138 Å². The van der Waals surface area contributed by atoms with Gasteiger partial charge in [-0.1, -0.05) is 11.6 Å². The van der Waals surface area contributed by atoms with Gasteiger partial charge < -0.3 is 11.1 Å². The lowest BCUT2D eigenvalue weighted by molar-refractivity contribution is -0.118. The van der Waals surface area contributed by atoms with Crippen molar-refractivity contribution in [1.82, 2.24) is 14.8 Å². The minimum absolute atomic E-state index is 0.0360. The molecule has 0 saturated carbocycles. The number of nitrogens with zero attached hydrogens (tertiary/aromatic N) is 3. The van der Waals surface area contributed by atoms with Gasteiger partial charge in [0.1, 0.15) is 6.54 Å². The Morgan fingerprint density at radius 1 is 1.21 bits per heavy atom. The van der Waals surface area contributed by atoms with Crippen molar-refractivity contribution in [3.8, 4) is 0 Å². The van der Waals surface area contributed by atoms with Gasteiger partial charge in [-0.2, -0.15) is 5.10 Å². The maximum absolute atomic E-state index is 12.5. The molecule has 0 spiro atoms. The van der Waals surface area contributed by atoms with Crippen LogP contribution in [0.5, 0.6) is 0 Å². The molecule has 0 unspecified atom stereocenters. The molecule has 0 aliphatic heterocycles. The molecule has 24 heavy (non-hydrogen) atoms. The van der Waals surface area contributed by atoms with Crippen molar-refractivity contribution in [2.24, 2.45) is 5.73 Å². The third-order valence-electron chi connectivity index (χ3n) is 3.61. The molecule has 7 nitrogen and oxygen atoms in total. The number of primary amides is 1. The summed E-state index contributed by atoms with van der Waals surface area (Å²) in [5, 5.41) is 7.70. The molecule has 0 aliphatic carbocycles. The topological polar surface area (TPSA) is 103 Å². The van der Waals surface area contributed by atoms with Crippen LogP contribution in [-0.2, 0) is 11.3 Å². The number of rotatable bonds is 4. The molecule has 3 aromatic rings. The van der Waals surface area contributed by atoms with Crippen molar-refractivity contribution in [2.75, 3.05) is 5.32 Å². The second-order valence-electron chi connectivity index (χ2n) is 5.64. The van der Waals surface area contributed by atoms with E-state index in [1.54, 1.807) is 19.2 Å². The number of nitrogens with one attached hydrogen (secondary N) is 1. The number of amides is 2. The summed E-state index contributed by atoms with van der Waals surface area (Å²) in [6.45, 7) is 3.75. The summed E-state index contributed by atoms with van der Waals surface area (Å²) in [6, 6.07) is 9.33. The van der Waals surface area contributed by atoms with Gasteiger partial charge in [0, 0.05) is 17.6 Å². The van der Waals surface area contributed by atoms with Gasteiger partial charge in [-0.25, -0.2) is 0 Å². The Kier molecular flexibility index (Phi) is 3.99. The molecule has 122 valence electrons. The highest BCUT2D eigenvalue weighted by molar-refractivity contribution is 6.06. The van der Waals surface area contributed by atoms with Gasteiger partial charge in [-0.05, 0) is 32.0 Å². The molecule has 0 aliphatic rings. The van der Waals surface area contributed by atoms with Crippen LogP contribution < -0.4 is 11.1 Å². The van der Waals surface area contributed by atoms with Crippen LogP contribution >= 0.6 is 0 Å². The molecular formula is C17H17N5O2. The van der Waals surface area contributed by atoms with Crippen LogP contribution in [0.1, 0.15) is 21.6 Å². The Balaban J connectivity index is 1.86. The molecule has 0 bridgehead atoms. The molecule has 1 aromatic carbocycles. The van der Waals surface area contributed by atoms with E-state index in [0.717, 1.165) is 16.5 Å². The first-order valence-electron chi connectivity index (χ1n) is 7.43. The Morgan fingerprint density at radius 2 is 2.00 bits per heavy atom. The van der Waals surface area contributed by atoms with Crippen LogP contribution in [0.2, 0.25) is 0 Å². The number of nitrogens with two attached hydrogens (primary N) is 1. The predicted molar refractivity (Wildman–Crippen MR) is 90.6 cm³/mol. The number of hydrogen-bond donors (Lipinski definition) is 2. The first-order valence-corrected chi connectivity index (χ1v) is 7.43. The molecule has 0 atom stereocenters. The Bertz CT molecular complexity index is 945. The number of pyridine rings is 1. The van der Waals surface area contributed by atoms with Crippen molar-refractivity contribution in [1.29, 1.82) is 0 Å². The predicted octanol–water partition coefficient (Wildman–Crippen LogP) is 1.79. The first kappa shape index (κ1) is 15.7. The number of anilines is 1. The molecule has 0 radical (unpaired) electrons. The van der Waals surface area contributed by atoms with Gasteiger partial charge in [0.15, 0.2) is 5.82 Å². The van der Waals surface area contributed by atoms with Gasteiger partial charge in [0.05, 0.1) is 16.8 Å². The van der Waals surface area contributed by atoms with Crippen LogP contribution in [0.4, 0.5) is 5.82 Å². The highest BCUT2D eigenvalue weighted by atomic mass is 16.2. The summed E-state index contributed by atoms with van der Waals surface area (Å²) >= 11 is 0. The Hall–Kier alpha value is -3.22. The van der Waals surface area contributed by atoms with Crippen molar-refractivity contribution in [3.63, 3.8) is 0 Å². The van der Waals surface area contributed by atoms with Crippen molar-refractivity contribution < 1.29 is 9.59 Å². The number of fused-ring (bicyclic) bond motifs is 1. The van der Waals surface area contributed by atoms with Crippen LogP contribution in [-0.4, -0.2) is 26.6 Å². The number of hydrogen-bond acceptors (Lipinski definition) is 4. The van der Waals surface area contributed by atoms with E-state index in [1.165, 1.54) is 4.68 Å². The van der Waals surface area contributed by atoms with Gasteiger partial charge in [-0.3, -0.25) is 19.3 Å². The number of benzene rings is 1. The summed E-state index contributed by atoms with van der Waals surface area (Å²) in [4.78, 5) is 27.9. The molecule has 2 amide bonds. The minimum atomic E-state index is -0.499. The van der Waals surface area contributed by atoms with Gasteiger partial charge in [0.25, 0.3) is 5.91 Å². The van der Waals surface area contributed by atoms with Gasteiger partial charge in [-0.15, -0.1) is 0 Å². The lowest BCUT2D eigenvalue weighted by Gasteiger charge is -2.08. The van der Waals surface area contributed by atoms with Gasteiger partial charge >= 0.3 is 0 Å². The van der Waals surface area contributed by atoms with E-state index in [0.29, 0.717) is 17.1 Å². The van der Waals surface area contributed by atoms with E-state index >= 15 is 0 Å². The smallest absolute Gasteiger partial charge is 0.258 e. The Morgan fingerprint density at radius 3 is 2.75 bits per heavy atom. The monoisotopic (exact) mass is 323 g/mol. The second kappa shape index (κ2) is 6.11. The van der Waals surface area contributed by atoms with E-state index in [2.05, 4.69) is 15.4 Å². The normalized spacial score (nSPS) is 10.8. The van der Waals surface area contributed by atoms with E-state index < -0.39 is 5.91 Å². The average Bonchev–Trinajstić information content (AvgIpc) is 2.93. The van der Waals surface area contributed by atoms with Gasteiger partial charge in [0.2, 0.25) is 5.91 Å². The fraction of sp³-hybridized carbons (Fsp3) is 0.176. The zero-order valence-corrected chi connectivity index (χ0v) is 13.4. The largest absolute Gasteiger partial charge is 0.368 e. The van der Waals surface area contributed by atoms with Crippen LogP contribution in [0, 0.1) is 13.8 Å². The maximum atomic E-state index is 12.5. The average molecular weight is 323 g/mol. The van der Waals surface area contributed by atoms with E-state index in [1.807, 2.05) is 31.2 Å². The van der Waals surface area contributed by atoms with Crippen LogP contribution in [0.25, 0.3) is 10.9 Å². The summed E-state index contributed by atoms with van der Waals surface area (Å²) in [6.07, 6.45) is 1.58. The van der Waals surface area contributed by atoms with Crippen molar-refractivity contribution >= 4 is 28.5 Å². The quantitative estimate of drug-likeness (QED) is 0.764. The number of carbonyl (C=O) groups is 2. The zero-order valence-electron chi connectivity index (χ0n) is 13.4. The van der Waals surface area contributed by atoms with Crippen LogP contribution in [0.15, 0.2) is 36.5 Å². The lowest BCUT2D eigenvalue weighted by Crippen LogP contribution is -2.19. The third kappa shape index (κ3) is 3.24. The summed E-state index contributed by atoms with van der Waals surface area (Å²) in [7, 11) is 0. The molecule has 7 heteroatoms. The molecule has 3 N–H and O–H groups in total. The van der Waals surface area contributed by atoms with Crippen LogP contribution in [0.3, 0.4) is 0 Å². The van der Waals surface area contributed by atoms with E-state index in [-0.39, 0.29) is 12.5 Å². The summed E-state index contributed by atoms with van der Waals surface area (Å²) in [5.41, 5.74) is 8.19. The zero-order chi connectivity index (χ0) is 17.3. The minimum Gasteiger partial charge on any atom is -0.368 e. The van der Waals surface area contributed by atoms with E-state index in [9.17, 15) is 9.59 Å².